The first kappa shape index (κ1) is 17.6. The van der Waals surface area contributed by atoms with Gasteiger partial charge in [-0.25, -0.2) is 4.79 Å². The maximum Gasteiger partial charge on any atom is 0.338 e. The van der Waals surface area contributed by atoms with Gasteiger partial charge in [0.05, 0.1) is 18.4 Å². The molecule has 2 heterocycles. The van der Waals surface area contributed by atoms with E-state index < -0.39 is 11.5 Å². The van der Waals surface area contributed by atoms with Crippen LogP contribution in [0.1, 0.15) is 41.4 Å². The molecule has 6 heteroatoms. The van der Waals surface area contributed by atoms with Crippen LogP contribution < -0.4 is 0 Å². The third kappa shape index (κ3) is 2.84. The molecular weight excluding hydrogens is 384 g/mol. The van der Waals surface area contributed by atoms with Crippen LogP contribution in [0, 0.1) is 0 Å². The summed E-state index contributed by atoms with van der Waals surface area (Å²) in [5, 5.41) is 0. The minimum atomic E-state index is -1.18. The number of nitrogens with zero attached hydrogens (tertiary/aromatic N) is 2. The molecule has 1 atom stereocenters. The Bertz CT molecular complexity index is 807. The van der Waals surface area contributed by atoms with Crippen LogP contribution in [-0.2, 0) is 21.6 Å². The van der Waals surface area contributed by atoms with Crippen molar-refractivity contribution in [3.8, 4) is 0 Å². The van der Waals surface area contributed by atoms with Gasteiger partial charge in [0, 0.05) is 17.2 Å². The number of rotatable bonds is 5. The van der Waals surface area contributed by atoms with Crippen LogP contribution >= 0.6 is 15.9 Å². The molecule has 0 fully saturated rings. The van der Waals surface area contributed by atoms with Gasteiger partial charge in [0.1, 0.15) is 0 Å². The number of benzene rings is 1. The number of methoxy groups -OCH3 is 1. The topological polar surface area (TPSA) is 59.5 Å². The Balaban J connectivity index is 2.12. The molecule has 0 radical (unpaired) electrons. The highest BCUT2D eigenvalue weighted by molar-refractivity contribution is 9.10. The molecule has 0 spiro atoms. The quantitative estimate of drug-likeness (QED) is 0.715. The molecule has 1 unspecified atom stereocenters. The lowest BCUT2D eigenvalue weighted by Crippen LogP contribution is -2.50. The molecule has 0 aliphatic carbocycles. The van der Waals surface area contributed by atoms with E-state index in [-0.39, 0.29) is 5.91 Å². The van der Waals surface area contributed by atoms with E-state index in [2.05, 4.69) is 20.9 Å². The molecule has 2 aromatic rings. The van der Waals surface area contributed by atoms with Crippen molar-refractivity contribution >= 4 is 27.8 Å². The Labute approximate surface area is 155 Å². The lowest BCUT2D eigenvalue weighted by Gasteiger charge is -2.35. The van der Waals surface area contributed by atoms with Crippen molar-refractivity contribution < 1.29 is 14.3 Å². The highest BCUT2D eigenvalue weighted by atomic mass is 79.9. The zero-order valence-corrected chi connectivity index (χ0v) is 15.7. The molecule has 1 aliphatic rings. The van der Waals surface area contributed by atoms with Gasteiger partial charge in [-0.15, -0.1) is 0 Å². The molecule has 1 aromatic heterocycles. The summed E-state index contributed by atoms with van der Waals surface area (Å²) in [6.07, 6.45) is 2.80. The van der Waals surface area contributed by atoms with Crippen molar-refractivity contribution in [2.45, 2.75) is 31.8 Å². The SMILES string of the molecule is CCCC1(C(=O)OC)c2ncccc2C(=O)N1Cc1ccc(Br)cc1. The number of carbonyl (C=O) groups excluding carboxylic acids is 2. The largest absolute Gasteiger partial charge is 0.467 e. The predicted octanol–water partition coefficient (Wildman–Crippen LogP) is 3.67. The monoisotopic (exact) mass is 402 g/mol. The first-order valence-electron chi connectivity index (χ1n) is 8.15. The van der Waals surface area contributed by atoms with E-state index in [1.165, 1.54) is 7.11 Å². The number of pyridine rings is 1. The number of esters is 1. The van der Waals surface area contributed by atoms with Crippen molar-refractivity contribution in [1.82, 2.24) is 9.88 Å². The lowest BCUT2D eigenvalue weighted by atomic mass is 9.88. The summed E-state index contributed by atoms with van der Waals surface area (Å²) in [5.41, 5.74) is 0.725. The standard InChI is InChI=1S/C19H19BrN2O3/c1-3-10-19(18(24)25-2)16-15(5-4-11-21-16)17(23)22(19)12-13-6-8-14(20)9-7-13/h4-9,11H,3,10,12H2,1-2H3. The fourth-order valence-corrected chi connectivity index (χ4v) is 3.69. The molecule has 0 saturated carbocycles. The summed E-state index contributed by atoms with van der Waals surface area (Å²) in [6, 6.07) is 11.1. The second kappa shape index (κ2) is 6.96. The maximum absolute atomic E-state index is 13.0. The van der Waals surface area contributed by atoms with Crippen molar-refractivity contribution in [3.63, 3.8) is 0 Å². The van der Waals surface area contributed by atoms with Gasteiger partial charge < -0.3 is 9.64 Å². The third-order valence-corrected chi connectivity index (χ3v) is 5.05. The Morgan fingerprint density at radius 3 is 2.64 bits per heavy atom. The van der Waals surface area contributed by atoms with E-state index in [1.807, 2.05) is 31.2 Å². The predicted molar refractivity (Wildman–Crippen MR) is 96.9 cm³/mol. The fraction of sp³-hybridized carbons (Fsp3) is 0.316. The molecule has 130 valence electrons. The summed E-state index contributed by atoms with van der Waals surface area (Å²) >= 11 is 3.41. The van der Waals surface area contributed by atoms with E-state index in [0.29, 0.717) is 24.2 Å². The average Bonchev–Trinajstić information content (AvgIpc) is 2.87. The Hall–Kier alpha value is -2.21. The number of carbonyl (C=O) groups is 2. The van der Waals surface area contributed by atoms with Gasteiger partial charge >= 0.3 is 5.97 Å². The Morgan fingerprint density at radius 1 is 1.28 bits per heavy atom. The summed E-state index contributed by atoms with van der Waals surface area (Å²) < 4.78 is 6.06. The lowest BCUT2D eigenvalue weighted by molar-refractivity contribution is -0.155. The van der Waals surface area contributed by atoms with Crippen LogP contribution in [0.25, 0.3) is 0 Å². The van der Waals surface area contributed by atoms with Gasteiger partial charge in [-0.3, -0.25) is 9.78 Å². The average molecular weight is 403 g/mol. The minimum Gasteiger partial charge on any atom is -0.467 e. The van der Waals surface area contributed by atoms with Gasteiger partial charge in [0.25, 0.3) is 5.91 Å². The number of hydrogen-bond acceptors (Lipinski definition) is 4. The van der Waals surface area contributed by atoms with Crippen LogP contribution in [0.5, 0.6) is 0 Å². The highest BCUT2D eigenvalue weighted by Gasteiger charge is 2.56. The van der Waals surface area contributed by atoms with Gasteiger partial charge in [-0.05, 0) is 36.2 Å². The number of hydrogen-bond donors (Lipinski definition) is 0. The van der Waals surface area contributed by atoms with Crippen LogP contribution in [0.2, 0.25) is 0 Å². The Kier molecular flexibility index (Phi) is 4.90. The first-order valence-corrected chi connectivity index (χ1v) is 8.94. The van der Waals surface area contributed by atoms with Crippen molar-refractivity contribution in [1.29, 1.82) is 0 Å². The third-order valence-electron chi connectivity index (χ3n) is 4.52. The van der Waals surface area contributed by atoms with Crippen LogP contribution in [0.4, 0.5) is 0 Å². The summed E-state index contributed by atoms with van der Waals surface area (Å²) in [7, 11) is 1.35. The molecule has 0 saturated heterocycles. The van der Waals surface area contributed by atoms with E-state index in [4.69, 9.17) is 4.74 Å². The van der Waals surface area contributed by atoms with E-state index in [1.54, 1.807) is 23.2 Å². The molecule has 0 N–H and O–H groups in total. The number of fused-ring (bicyclic) bond motifs is 1. The Morgan fingerprint density at radius 2 is 2.00 bits per heavy atom. The van der Waals surface area contributed by atoms with Crippen molar-refractivity contribution in [3.05, 3.63) is 63.9 Å². The molecule has 1 amide bonds. The van der Waals surface area contributed by atoms with Crippen LogP contribution in [-0.4, -0.2) is 28.9 Å². The molecule has 0 bridgehead atoms. The second-order valence-corrected chi connectivity index (χ2v) is 6.93. The number of halogens is 1. The molecule has 1 aromatic carbocycles. The number of aromatic nitrogens is 1. The highest BCUT2D eigenvalue weighted by Crippen LogP contribution is 2.43. The van der Waals surface area contributed by atoms with Crippen molar-refractivity contribution in [2.75, 3.05) is 7.11 Å². The normalized spacial score (nSPS) is 19.0. The van der Waals surface area contributed by atoms with Crippen molar-refractivity contribution in [2.24, 2.45) is 0 Å². The second-order valence-electron chi connectivity index (χ2n) is 6.02. The molecule has 3 rings (SSSR count). The minimum absolute atomic E-state index is 0.190. The summed E-state index contributed by atoms with van der Waals surface area (Å²) in [4.78, 5) is 31.9. The summed E-state index contributed by atoms with van der Waals surface area (Å²) in [6.45, 7) is 2.30. The fourth-order valence-electron chi connectivity index (χ4n) is 3.43. The summed E-state index contributed by atoms with van der Waals surface area (Å²) in [5.74, 6) is -0.637. The molecule has 25 heavy (non-hydrogen) atoms. The van der Waals surface area contributed by atoms with E-state index in [0.717, 1.165) is 16.5 Å². The number of amides is 1. The van der Waals surface area contributed by atoms with E-state index in [9.17, 15) is 9.59 Å². The first-order chi connectivity index (χ1) is 12.0. The van der Waals surface area contributed by atoms with Gasteiger partial charge in [-0.1, -0.05) is 41.4 Å². The number of ether oxygens (including phenoxy) is 1. The van der Waals surface area contributed by atoms with Crippen LogP contribution in [0.3, 0.4) is 0 Å². The zero-order valence-electron chi connectivity index (χ0n) is 14.2. The molecular formula is C19H19BrN2O3. The molecule has 5 nitrogen and oxygen atoms in total. The van der Waals surface area contributed by atoms with Gasteiger partial charge in [-0.2, -0.15) is 0 Å². The zero-order chi connectivity index (χ0) is 18.0. The maximum atomic E-state index is 13.0. The van der Waals surface area contributed by atoms with Gasteiger partial charge in [0.15, 0.2) is 5.54 Å². The van der Waals surface area contributed by atoms with Gasteiger partial charge in [0.2, 0.25) is 0 Å². The van der Waals surface area contributed by atoms with E-state index >= 15 is 0 Å². The molecule has 1 aliphatic heterocycles. The van der Waals surface area contributed by atoms with Crippen LogP contribution in [0.15, 0.2) is 47.1 Å². The smallest absolute Gasteiger partial charge is 0.338 e.